The molecule has 0 bridgehead atoms. The largest absolute Gasteiger partial charge is 0.387 e. The topological polar surface area (TPSA) is 45.1 Å². The van der Waals surface area contributed by atoms with E-state index >= 15 is 0 Å². The monoisotopic (exact) mass is 230 g/mol. The van der Waals surface area contributed by atoms with Crippen molar-refractivity contribution in [1.29, 1.82) is 0 Å². The lowest BCUT2D eigenvalue weighted by Crippen LogP contribution is -2.17. The molecule has 3 heteroatoms. The molecule has 90 valence electrons. The standard InChI is InChI=1S/C14H18N2O/c1-9-5-4-6-11-12(13(17)8-15-3)7-10(2)16-14(9)11/h4-7,13,15,17H,8H2,1-3H3. The fourth-order valence-electron chi connectivity index (χ4n) is 2.13. The van der Waals surface area contributed by atoms with E-state index in [1.165, 1.54) is 0 Å². The molecule has 1 heterocycles. The van der Waals surface area contributed by atoms with Crippen molar-refractivity contribution in [3.05, 3.63) is 41.1 Å². The van der Waals surface area contributed by atoms with Gasteiger partial charge in [0.05, 0.1) is 11.6 Å². The Kier molecular flexibility index (Phi) is 3.41. The van der Waals surface area contributed by atoms with E-state index in [0.717, 1.165) is 27.7 Å². The van der Waals surface area contributed by atoms with Gasteiger partial charge in [0.2, 0.25) is 0 Å². The molecule has 0 radical (unpaired) electrons. The third-order valence-electron chi connectivity index (χ3n) is 2.96. The minimum absolute atomic E-state index is 0.494. The van der Waals surface area contributed by atoms with Gasteiger partial charge in [-0.1, -0.05) is 18.2 Å². The van der Waals surface area contributed by atoms with Crippen molar-refractivity contribution in [2.75, 3.05) is 13.6 Å². The second-order valence-corrected chi connectivity index (χ2v) is 4.40. The fraction of sp³-hybridized carbons (Fsp3) is 0.357. The molecule has 0 saturated carbocycles. The predicted octanol–water partition coefficient (Wildman–Crippen LogP) is 2.10. The van der Waals surface area contributed by atoms with Gasteiger partial charge in [0.15, 0.2) is 0 Å². The highest BCUT2D eigenvalue weighted by molar-refractivity contribution is 5.85. The highest BCUT2D eigenvalue weighted by atomic mass is 16.3. The lowest BCUT2D eigenvalue weighted by atomic mass is 10.0. The third kappa shape index (κ3) is 2.30. The average molecular weight is 230 g/mol. The Morgan fingerprint density at radius 3 is 2.82 bits per heavy atom. The number of rotatable bonds is 3. The zero-order chi connectivity index (χ0) is 12.4. The lowest BCUT2D eigenvalue weighted by molar-refractivity contribution is 0.179. The maximum Gasteiger partial charge on any atom is 0.0921 e. The molecule has 0 aliphatic rings. The van der Waals surface area contributed by atoms with Gasteiger partial charge < -0.3 is 10.4 Å². The maximum absolute atomic E-state index is 10.1. The van der Waals surface area contributed by atoms with Gasteiger partial charge in [0.1, 0.15) is 0 Å². The van der Waals surface area contributed by atoms with Crippen LogP contribution in [0.1, 0.15) is 22.9 Å². The Morgan fingerprint density at radius 2 is 2.12 bits per heavy atom. The van der Waals surface area contributed by atoms with Crippen LogP contribution in [0, 0.1) is 13.8 Å². The molecule has 0 saturated heterocycles. The third-order valence-corrected chi connectivity index (χ3v) is 2.96. The first-order valence-electron chi connectivity index (χ1n) is 5.83. The summed E-state index contributed by atoms with van der Waals surface area (Å²) in [6.45, 7) is 4.55. The summed E-state index contributed by atoms with van der Waals surface area (Å²) in [6.07, 6.45) is -0.494. The van der Waals surface area contributed by atoms with E-state index in [1.54, 1.807) is 0 Å². The minimum atomic E-state index is -0.494. The summed E-state index contributed by atoms with van der Waals surface area (Å²) >= 11 is 0. The number of benzene rings is 1. The van der Waals surface area contributed by atoms with E-state index in [9.17, 15) is 5.11 Å². The van der Waals surface area contributed by atoms with Crippen LogP contribution < -0.4 is 5.32 Å². The molecule has 1 aromatic heterocycles. The van der Waals surface area contributed by atoms with Crippen molar-refractivity contribution in [1.82, 2.24) is 10.3 Å². The molecule has 1 unspecified atom stereocenters. The number of aryl methyl sites for hydroxylation is 2. The van der Waals surface area contributed by atoms with E-state index in [4.69, 9.17) is 0 Å². The summed E-state index contributed by atoms with van der Waals surface area (Å²) in [7, 11) is 1.84. The number of hydrogen-bond acceptors (Lipinski definition) is 3. The summed E-state index contributed by atoms with van der Waals surface area (Å²) < 4.78 is 0. The molecule has 2 aromatic rings. The maximum atomic E-state index is 10.1. The molecule has 0 aliphatic carbocycles. The molecule has 0 amide bonds. The summed E-state index contributed by atoms with van der Waals surface area (Å²) in [5.41, 5.74) is 4.02. The van der Waals surface area contributed by atoms with E-state index < -0.39 is 6.10 Å². The van der Waals surface area contributed by atoms with Gasteiger partial charge in [0.25, 0.3) is 0 Å². The van der Waals surface area contributed by atoms with Crippen LogP contribution in [0.25, 0.3) is 10.9 Å². The second kappa shape index (κ2) is 4.82. The Balaban J connectivity index is 2.65. The van der Waals surface area contributed by atoms with Crippen LogP contribution in [0.15, 0.2) is 24.3 Å². The number of aliphatic hydroxyl groups excluding tert-OH is 1. The quantitative estimate of drug-likeness (QED) is 0.848. The van der Waals surface area contributed by atoms with Crippen molar-refractivity contribution in [3.8, 4) is 0 Å². The van der Waals surface area contributed by atoms with Crippen LogP contribution in [-0.2, 0) is 0 Å². The minimum Gasteiger partial charge on any atom is -0.387 e. The van der Waals surface area contributed by atoms with Crippen LogP contribution in [0.5, 0.6) is 0 Å². The fourth-order valence-corrected chi connectivity index (χ4v) is 2.13. The van der Waals surface area contributed by atoms with Crippen LogP contribution in [0.2, 0.25) is 0 Å². The molecule has 1 aromatic carbocycles. The number of pyridine rings is 1. The zero-order valence-corrected chi connectivity index (χ0v) is 10.5. The van der Waals surface area contributed by atoms with Gasteiger partial charge in [-0.05, 0) is 38.1 Å². The molecule has 0 spiro atoms. The number of likely N-dealkylation sites (N-methyl/N-ethyl adjacent to an activating group) is 1. The molecule has 2 N–H and O–H groups in total. The molecular formula is C14H18N2O. The molecule has 17 heavy (non-hydrogen) atoms. The lowest BCUT2D eigenvalue weighted by Gasteiger charge is -2.14. The first-order valence-corrected chi connectivity index (χ1v) is 5.83. The van der Waals surface area contributed by atoms with Gasteiger partial charge in [-0.15, -0.1) is 0 Å². The number of para-hydroxylation sites is 1. The van der Waals surface area contributed by atoms with Crippen molar-refractivity contribution >= 4 is 10.9 Å². The van der Waals surface area contributed by atoms with E-state index in [2.05, 4.69) is 10.3 Å². The predicted molar refractivity (Wildman–Crippen MR) is 70.1 cm³/mol. The number of fused-ring (bicyclic) bond motifs is 1. The number of nitrogens with zero attached hydrogens (tertiary/aromatic N) is 1. The molecule has 0 fully saturated rings. The smallest absolute Gasteiger partial charge is 0.0921 e. The Morgan fingerprint density at radius 1 is 1.35 bits per heavy atom. The molecule has 0 aliphatic heterocycles. The first-order chi connectivity index (χ1) is 8.13. The van der Waals surface area contributed by atoms with Gasteiger partial charge in [0, 0.05) is 17.6 Å². The summed E-state index contributed by atoms with van der Waals surface area (Å²) in [4.78, 5) is 4.55. The van der Waals surface area contributed by atoms with Crippen LogP contribution >= 0.6 is 0 Å². The SMILES string of the molecule is CNCC(O)c1cc(C)nc2c(C)cccc12. The van der Waals surface area contributed by atoms with Gasteiger partial charge in [-0.25, -0.2) is 0 Å². The van der Waals surface area contributed by atoms with Crippen molar-refractivity contribution in [3.63, 3.8) is 0 Å². The van der Waals surface area contributed by atoms with E-state index in [-0.39, 0.29) is 0 Å². The molecule has 1 atom stereocenters. The Labute approximate surface area is 102 Å². The number of nitrogens with one attached hydrogen (secondary N) is 1. The highest BCUT2D eigenvalue weighted by Crippen LogP contribution is 2.25. The Hall–Kier alpha value is -1.45. The van der Waals surface area contributed by atoms with Gasteiger partial charge in [-0.2, -0.15) is 0 Å². The van der Waals surface area contributed by atoms with Crippen LogP contribution in [0.4, 0.5) is 0 Å². The molecule has 3 nitrogen and oxygen atoms in total. The molecule has 2 rings (SSSR count). The van der Waals surface area contributed by atoms with E-state index in [1.807, 2.05) is 45.2 Å². The first kappa shape index (κ1) is 12.0. The van der Waals surface area contributed by atoms with E-state index in [0.29, 0.717) is 6.54 Å². The average Bonchev–Trinajstić information content (AvgIpc) is 2.30. The Bertz CT molecular complexity index is 537. The number of aliphatic hydroxyl groups is 1. The normalized spacial score (nSPS) is 12.9. The van der Waals surface area contributed by atoms with Crippen LogP contribution in [0.3, 0.4) is 0 Å². The second-order valence-electron chi connectivity index (χ2n) is 4.40. The van der Waals surface area contributed by atoms with Crippen molar-refractivity contribution in [2.24, 2.45) is 0 Å². The zero-order valence-electron chi connectivity index (χ0n) is 10.5. The number of aromatic nitrogens is 1. The summed E-state index contributed by atoms with van der Waals surface area (Å²) in [5, 5.41) is 14.2. The van der Waals surface area contributed by atoms with Crippen LogP contribution in [-0.4, -0.2) is 23.7 Å². The summed E-state index contributed by atoms with van der Waals surface area (Å²) in [5.74, 6) is 0. The molecular weight excluding hydrogens is 212 g/mol. The summed E-state index contributed by atoms with van der Waals surface area (Å²) in [6, 6.07) is 8.03. The highest BCUT2D eigenvalue weighted by Gasteiger charge is 2.12. The van der Waals surface area contributed by atoms with Gasteiger partial charge in [-0.3, -0.25) is 4.98 Å². The van der Waals surface area contributed by atoms with Crippen molar-refractivity contribution in [2.45, 2.75) is 20.0 Å². The van der Waals surface area contributed by atoms with Crippen molar-refractivity contribution < 1.29 is 5.11 Å². The van der Waals surface area contributed by atoms with Gasteiger partial charge >= 0.3 is 0 Å². The number of hydrogen-bond donors (Lipinski definition) is 2.